The third-order valence-corrected chi connectivity index (χ3v) is 3.68. The fraction of sp³-hybridized carbons (Fsp3) is 0.562. The summed E-state index contributed by atoms with van der Waals surface area (Å²) in [7, 11) is 0. The smallest absolute Gasteiger partial charge is 0.224 e. The van der Waals surface area contributed by atoms with Gasteiger partial charge in [0.2, 0.25) is 5.91 Å². The summed E-state index contributed by atoms with van der Waals surface area (Å²) in [6.07, 6.45) is 4.18. The number of nitrogens with two attached hydrogens (primary N) is 1. The standard InChI is InChI=1S/C16H26N2O2/c1-3-12(9-10-17)6-8-16(20)18-14-11-13(4-2)5-7-15(14)19/h5,7,11-12,19H,3-4,6,8-10,17H2,1-2H3,(H,18,20). The van der Waals surface area contributed by atoms with Crippen LogP contribution in [0.2, 0.25) is 0 Å². The highest BCUT2D eigenvalue weighted by molar-refractivity contribution is 5.92. The summed E-state index contributed by atoms with van der Waals surface area (Å²) in [6, 6.07) is 5.31. The van der Waals surface area contributed by atoms with Crippen molar-refractivity contribution in [1.29, 1.82) is 0 Å². The second-order valence-electron chi connectivity index (χ2n) is 5.14. The van der Waals surface area contributed by atoms with Gasteiger partial charge in [0.1, 0.15) is 5.75 Å². The molecule has 0 heterocycles. The number of rotatable bonds is 8. The van der Waals surface area contributed by atoms with Crippen molar-refractivity contribution in [3.05, 3.63) is 23.8 Å². The Hall–Kier alpha value is -1.55. The molecule has 0 radical (unpaired) electrons. The van der Waals surface area contributed by atoms with Gasteiger partial charge in [-0.3, -0.25) is 4.79 Å². The largest absolute Gasteiger partial charge is 0.506 e. The zero-order valence-corrected chi connectivity index (χ0v) is 12.5. The highest BCUT2D eigenvalue weighted by Gasteiger charge is 2.11. The molecule has 0 aliphatic carbocycles. The number of nitrogens with one attached hydrogen (secondary N) is 1. The number of benzene rings is 1. The molecule has 1 rings (SSSR count). The Morgan fingerprint density at radius 1 is 1.35 bits per heavy atom. The zero-order valence-electron chi connectivity index (χ0n) is 12.5. The number of phenolic OH excluding ortho intramolecular Hbond substituents is 1. The van der Waals surface area contributed by atoms with Gasteiger partial charge in [-0.25, -0.2) is 0 Å². The van der Waals surface area contributed by atoms with Gasteiger partial charge in [-0.15, -0.1) is 0 Å². The molecule has 0 fully saturated rings. The van der Waals surface area contributed by atoms with Crippen LogP contribution in [0.25, 0.3) is 0 Å². The van der Waals surface area contributed by atoms with Crippen LogP contribution in [-0.2, 0) is 11.2 Å². The minimum Gasteiger partial charge on any atom is -0.506 e. The van der Waals surface area contributed by atoms with E-state index in [0.29, 0.717) is 24.6 Å². The van der Waals surface area contributed by atoms with E-state index in [1.165, 1.54) is 0 Å². The van der Waals surface area contributed by atoms with Crippen LogP contribution in [0.4, 0.5) is 5.69 Å². The molecule has 0 aliphatic heterocycles. The first-order valence-corrected chi connectivity index (χ1v) is 7.42. The van der Waals surface area contributed by atoms with E-state index in [-0.39, 0.29) is 11.7 Å². The van der Waals surface area contributed by atoms with E-state index in [1.54, 1.807) is 6.07 Å². The molecule has 0 bridgehead atoms. The lowest BCUT2D eigenvalue weighted by Crippen LogP contribution is -2.15. The van der Waals surface area contributed by atoms with Gasteiger partial charge in [-0.1, -0.05) is 26.3 Å². The first-order chi connectivity index (χ1) is 9.60. The van der Waals surface area contributed by atoms with Crippen LogP contribution in [0.5, 0.6) is 5.75 Å². The van der Waals surface area contributed by atoms with Crippen LogP contribution in [0.1, 0.15) is 45.1 Å². The lowest BCUT2D eigenvalue weighted by atomic mass is 9.96. The molecule has 0 saturated carbocycles. The van der Waals surface area contributed by atoms with Gasteiger partial charge in [0.25, 0.3) is 0 Å². The number of hydrogen-bond acceptors (Lipinski definition) is 3. The molecule has 1 aromatic rings. The maximum atomic E-state index is 11.9. The number of anilines is 1. The summed E-state index contributed by atoms with van der Waals surface area (Å²) < 4.78 is 0. The van der Waals surface area contributed by atoms with Crippen LogP contribution in [0.3, 0.4) is 0 Å². The van der Waals surface area contributed by atoms with Crippen LogP contribution in [-0.4, -0.2) is 17.6 Å². The molecular weight excluding hydrogens is 252 g/mol. The van der Waals surface area contributed by atoms with Crippen LogP contribution < -0.4 is 11.1 Å². The summed E-state index contributed by atoms with van der Waals surface area (Å²) in [4.78, 5) is 11.9. The van der Waals surface area contributed by atoms with E-state index >= 15 is 0 Å². The van der Waals surface area contributed by atoms with Crippen LogP contribution in [0.15, 0.2) is 18.2 Å². The van der Waals surface area contributed by atoms with Gasteiger partial charge < -0.3 is 16.2 Å². The van der Waals surface area contributed by atoms with E-state index in [1.807, 2.05) is 19.1 Å². The summed E-state index contributed by atoms with van der Waals surface area (Å²) in [5, 5.41) is 12.5. The van der Waals surface area contributed by atoms with Crippen molar-refractivity contribution < 1.29 is 9.90 Å². The number of phenols is 1. The second kappa shape index (κ2) is 8.59. The third kappa shape index (κ3) is 5.21. The Morgan fingerprint density at radius 2 is 2.10 bits per heavy atom. The van der Waals surface area contributed by atoms with Crippen molar-refractivity contribution in [1.82, 2.24) is 0 Å². The van der Waals surface area contributed by atoms with Gasteiger partial charge in [-0.2, -0.15) is 0 Å². The summed E-state index contributed by atoms with van der Waals surface area (Å²) in [6.45, 7) is 4.82. The number of carbonyl (C=O) groups excluding carboxylic acids is 1. The fourth-order valence-corrected chi connectivity index (χ4v) is 2.24. The third-order valence-electron chi connectivity index (χ3n) is 3.68. The minimum absolute atomic E-state index is 0.0518. The average Bonchev–Trinajstić information content (AvgIpc) is 2.45. The van der Waals surface area contributed by atoms with Crippen LogP contribution in [0, 0.1) is 5.92 Å². The Balaban J connectivity index is 2.53. The van der Waals surface area contributed by atoms with E-state index in [0.717, 1.165) is 31.2 Å². The normalized spacial score (nSPS) is 12.2. The molecule has 0 spiro atoms. The molecule has 112 valence electrons. The quantitative estimate of drug-likeness (QED) is 0.640. The Labute approximate surface area is 121 Å². The predicted octanol–water partition coefficient (Wildman–Crippen LogP) is 3.05. The summed E-state index contributed by atoms with van der Waals surface area (Å²) in [5.74, 6) is 0.565. The molecule has 4 heteroatoms. The van der Waals surface area contributed by atoms with E-state index < -0.39 is 0 Å². The maximum absolute atomic E-state index is 11.9. The molecule has 20 heavy (non-hydrogen) atoms. The molecule has 0 aromatic heterocycles. The molecule has 1 aromatic carbocycles. The van der Waals surface area contributed by atoms with E-state index in [4.69, 9.17) is 5.73 Å². The monoisotopic (exact) mass is 278 g/mol. The van der Waals surface area contributed by atoms with Gasteiger partial charge in [0.15, 0.2) is 0 Å². The first-order valence-electron chi connectivity index (χ1n) is 7.42. The highest BCUT2D eigenvalue weighted by Crippen LogP contribution is 2.25. The van der Waals surface area contributed by atoms with Gasteiger partial charge in [-0.05, 0) is 49.4 Å². The molecule has 1 amide bonds. The van der Waals surface area contributed by atoms with Crippen molar-refractivity contribution in [2.24, 2.45) is 11.7 Å². The van der Waals surface area contributed by atoms with Crippen molar-refractivity contribution in [2.45, 2.75) is 46.0 Å². The molecule has 0 saturated heterocycles. The molecule has 4 nitrogen and oxygen atoms in total. The summed E-state index contributed by atoms with van der Waals surface area (Å²) in [5.41, 5.74) is 7.14. The Kier molecular flexibility index (Phi) is 7.09. The zero-order chi connectivity index (χ0) is 15.0. The lowest BCUT2D eigenvalue weighted by Gasteiger charge is -2.14. The average molecular weight is 278 g/mol. The predicted molar refractivity (Wildman–Crippen MR) is 82.8 cm³/mol. The Morgan fingerprint density at radius 3 is 2.70 bits per heavy atom. The van der Waals surface area contributed by atoms with Gasteiger partial charge in [0, 0.05) is 6.42 Å². The summed E-state index contributed by atoms with van der Waals surface area (Å²) >= 11 is 0. The van der Waals surface area contributed by atoms with Crippen molar-refractivity contribution in [2.75, 3.05) is 11.9 Å². The number of amides is 1. The van der Waals surface area contributed by atoms with E-state index in [2.05, 4.69) is 12.2 Å². The second-order valence-corrected chi connectivity index (χ2v) is 5.14. The number of carbonyl (C=O) groups is 1. The number of aryl methyl sites for hydroxylation is 1. The molecule has 4 N–H and O–H groups in total. The topological polar surface area (TPSA) is 75.3 Å². The maximum Gasteiger partial charge on any atom is 0.224 e. The molecule has 1 atom stereocenters. The van der Waals surface area contributed by atoms with Crippen molar-refractivity contribution in [3.8, 4) is 5.75 Å². The SMILES string of the molecule is CCc1ccc(O)c(NC(=O)CCC(CC)CCN)c1. The van der Waals surface area contributed by atoms with Gasteiger partial charge in [0.05, 0.1) is 5.69 Å². The van der Waals surface area contributed by atoms with Gasteiger partial charge >= 0.3 is 0 Å². The first kappa shape index (κ1) is 16.5. The number of aromatic hydroxyl groups is 1. The minimum atomic E-state index is -0.0518. The molecule has 1 unspecified atom stereocenters. The van der Waals surface area contributed by atoms with Crippen LogP contribution >= 0.6 is 0 Å². The van der Waals surface area contributed by atoms with Crippen molar-refractivity contribution >= 4 is 11.6 Å². The fourth-order valence-electron chi connectivity index (χ4n) is 2.24. The Bertz CT molecular complexity index is 432. The number of hydrogen-bond donors (Lipinski definition) is 3. The highest BCUT2D eigenvalue weighted by atomic mass is 16.3. The molecule has 0 aliphatic rings. The lowest BCUT2D eigenvalue weighted by molar-refractivity contribution is -0.116. The molecular formula is C16H26N2O2. The van der Waals surface area contributed by atoms with Crippen molar-refractivity contribution in [3.63, 3.8) is 0 Å². The van der Waals surface area contributed by atoms with E-state index in [9.17, 15) is 9.90 Å².